The van der Waals surface area contributed by atoms with E-state index in [-0.39, 0.29) is 6.54 Å². The number of benzene rings is 1. The Balaban J connectivity index is 2.52. The molecule has 0 aliphatic rings. The van der Waals surface area contributed by atoms with Crippen LogP contribution in [0.15, 0.2) is 23.0 Å². The van der Waals surface area contributed by atoms with Crippen molar-refractivity contribution in [2.45, 2.75) is 13.5 Å². The van der Waals surface area contributed by atoms with Gasteiger partial charge < -0.3 is 10.1 Å². The molecule has 90 valence electrons. The number of imidazole rings is 1. The SMILES string of the molecule is CC(Cn1c(=O)[nH]c2ccc(F)cc21)C(=O)O. The molecular weight excluding hydrogens is 227 g/mol. The van der Waals surface area contributed by atoms with E-state index in [0.717, 1.165) is 0 Å². The number of carboxylic acid groups (broad SMARTS) is 1. The summed E-state index contributed by atoms with van der Waals surface area (Å²) < 4.78 is 14.3. The van der Waals surface area contributed by atoms with Crippen LogP contribution in [0.25, 0.3) is 11.0 Å². The summed E-state index contributed by atoms with van der Waals surface area (Å²) in [4.78, 5) is 24.9. The molecule has 1 heterocycles. The summed E-state index contributed by atoms with van der Waals surface area (Å²) in [6.45, 7) is 1.50. The van der Waals surface area contributed by atoms with E-state index in [0.29, 0.717) is 11.0 Å². The minimum Gasteiger partial charge on any atom is -0.481 e. The predicted molar refractivity (Wildman–Crippen MR) is 59.3 cm³/mol. The number of nitrogens with zero attached hydrogens (tertiary/aromatic N) is 1. The van der Waals surface area contributed by atoms with Crippen molar-refractivity contribution >= 4 is 17.0 Å². The van der Waals surface area contributed by atoms with Gasteiger partial charge in [0.15, 0.2) is 0 Å². The van der Waals surface area contributed by atoms with Crippen LogP contribution >= 0.6 is 0 Å². The van der Waals surface area contributed by atoms with E-state index in [1.165, 1.54) is 29.7 Å². The van der Waals surface area contributed by atoms with E-state index in [1.807, 2.05) is 0 Å². The van der Waals surface area contributed by atoms with E-state index in [1.54, 1.807) is 0 Å². The molecule has 0 saturated heterocycles. The van der Waals surface area contributed by atoms with Crippen molar-refractivity contribution in [3.63, 3.8) is 0 Å². The quantitative estimate of drug-likeness (QED) is 0.843. The molecule has 0 aliphatic heterocycles. The van der Waals surface area contributed by atoms with Crippen LogP contribution in [0, 0.1) is 11.7 Å². The molecule has 0 amide bonds. The fourth-order valence-corrected chi connectivity index (χ4v) is 1.66. The Labute approximate surface area is 95.5 Å². The molecule has 1 atom stereocenters. The largest absolute Gasteiger partial charge is 0.481 e. The van der Waals surface area contributed by atoms with Crippen LogP contribution in [0.2, 0.25) is 0 Å². The monoisotopic (exact) mass is 238 g/mol. The molecular formula is C11H11FN2O3. The minimum absolute atomic E-state index is 0.0115. The van der Waals surface area contributed by atoms with Gasteiger partial charge in [0.25, 0.3) is 0 Å². The van der Waals surface area contributed by atoms with Crippen LogP contribution < -0.4 is 5.69 Å². The second-order valence-corrected chi connectivity index (χ2v) is 3.94. The van der Waals surface area contributed by atoms with Gasteiger partial charge in [-0.05, 0) is 18.2 Å². The molecule has 0 saturated carbocycles. The third-order valence-corrected chi connectivity index (χ3v) is 2.62. The second-order valence-electron chi connectivity index (χ2n) is 3.94. The molecule has 6 heteroatoms. The van der Waals surface area contributed by atoms with Crippen molar-refractivity contribution in [2.75, 3.05) is 0 Å². The van der Waals surface area contributed by atoms with E-state index in [9.17, 15) is 14.0 Å². The number of H-pyrrole nitrogens is 1. The Hall–Kier alpha value is -2.11. The Bertz CT molecular complexity index is 629. The molecule has 0 fully saturated rings. The molecule has 0 spiro atoms. The van der Waals surface area contributed by atoms with Crippen molar-refractivity contribution in [3.05, 3.63) is 34.5 Å². The molecule has 0 bridgehead atoms. The number of fused-ring (bicyclic) bond motifs is 1. The van der Waals surface area contributed by atoms with Crippen molar-refractivity contribution < 1.29 is 14.3 Å². The van der Waals surface area contributed by atoms with Crippen molar-refractivity contribution in [1.29, 1.82) is 0 Å². The Morgan fingerprint density at radius 2 is 2.29 bits per heavy atom. The Morgan fingerprint density at radius 3 is 2.94 bits per heavy atom. The molecule has 2 N–H and O–H groups in total. The maximum atomic E-state index is 13.1. The summed E-state index contributed by atoms with van der Waals surface area (Å²) in [7, 11) is 0. The molecule has 0 aliphatic carbocycles. The zero-order valence-electron chi connectivity index (χ0n) is 9.11. The molecule has 2 aromatic rings. The van der Waals surface area contributed by atoms with Crippen LogP contribution in [-0.4, -0.2) is 20.6 Å². The van der Waals surface area contributed by atoms with E-state index in [4.69, 9.17) is 5.11 Å². The van der Waals surface area contributed by atoms with Crippen LogP contribution in [0.1, 0.15) is 6.92 Å². The third-order valence-electron chi connectivity index (χ3n) is 2.62. The number of halogens is 1. The molecule has 0 radical (unpaired) electrons. The van der Waals surface area contributed by atoms with Gasteiger partial charge in [-0.2, -0.15) is 0 Å². The number of hydrogen-bond acceptors (Lipinski definition) is 2. The standard InChI is InChI=1S/C11H11FN2O3/c1-6(10(15)16)5-14-9-4-7(12)2-3-8(9)13-11(14)17/h2-4,6H,5H2,1H3,(H,13,17)(H,15,16). The minimum atomic E-state index is -0.998. The van der Waals surface area contributed by atoms with E-state index < -0.39 is 23.4 Å². The highest BCUT2D eigenvalue weighted by atomic mass is 19.1. The van der Waals surface area contributed by atoms with Crippen molar-refractivity contribution in [2.24, 2.45) is 5.92 Å². The summed E-state index contributed by atoms with van der Waals surface area (Å²) in [5.74, 6) is -2.18. The van der Waals surface area contributed by atoms with E-state index >= 15 is 0 Å². The first kappa shape index (κ1) is 11.4. The molecule has 1 aromatic carbocycles. The Morgan fingerprint density at radius 1 is 1.59 bits per heavy atom. The van der Waals surface area contributed by atoms with Crippen LogP contribution in [0.4, 0.5) is 4.39 Å². The lowest BCUT2D eigenvalue weighted by atomic mass is 10.2. The van der Waals surface area contributed by atoms with E-state index in [2.05, 4.69) is 4.98 Å². The number of nitrogens with one attached hydrogen (secondary N) is 1. The number of hydrogen-bond donors (Lipinski definition) is 2. The van der Waals surface area contributed by atoms with Gasteiger partial charge in [0, 0.05) is 6.54 Å². The highest BCUT2D eigenvalue weighted by Gasteiger charge is 2.15. The fourth-order valence-electron chi connectivity index (χ4n) is 1.66. The smallest absolute Gasteiger partial charge is 0.326 e. The lowest BCUT2D eigenvalue weighted by Crippen LogP contribution is -2.24. The summed E-state index contributed by atoms with van der Waals surface area (Å²) in [6.07, 6.45) is 0. The van der Waals surface area contributed by atoms with Crippen LogP contribution in [0.5, 0.6) is 0 Å². The number of carboxylic acids is 1. The van der Waals surface area contributed by atoms with Crippen molar-refractivity contribution in [1.82, 2.24) is 9.55 Å². The van der Waals surface area contributed by atoms with Gasteiger partial charge in [0.2, 0.25) is 0 Å². The van der Waals surface area contributed by atoms with Crippen molar-refractivity contribution in [3.8, 4) is 0 Å². The van der Waals surface area contributed by atoms with Crippen LogP contribution in [-0.2, 0) is 11.3 Å². The fraction of sp³-hybridized carbons (Fsp3) is 0.273. The number of carbonyl (C=O) groups is 1. The summed E-state index contributed by atoms with van der Waals surface area (Å²) in [6, 6.07) is 3.90. The number of rotatable bonds is 3. The van der Waals surface area contributed by atoms with Gasteiger partial charge >= 0.3 is 11.7 Å². The van der Waals surface area contributed by atoms with Gasteiger partial charge in [0.05, 0.1) is 17.0 Å². The molecule has 17 heavy (non-hydrogen) atoms. The number of aromatic nitrogens is 2. The Kier molecular flexibility index (Phi) is 2.71. The molecule has 2 rings (SSSR count). The topological polar surface area (TPSA) is 75.1 Å². The normalized spacial score (nSPS) is 12.8. The highest BCUT2D eigenvalue weighted by molar-refractivity contribution is 5.75. The summed E-state index contributed by atoms with van der Waals surface area (Å²) >= 11 is 0. The van der Waals surface area contributed by atoms with Gasteiger partial charge in [-0.25, -0.2) is 9.18 Å². The van der Waals surface area contributed by atoms with Gasteiger partial charge in [-0.3, -0.25) is 9.36 Å². The average molecular weight is 238 g/mol. The predicted octanol–water partition coefficient (Wildman–Crippen LogP) is 1.19. The average Bonchev–Trinajstić information content (AvgIpc) is 2.55. The highest BCUT2D eigenvalue weighted by Crippen LogP contribution is 2.13. The molecule has 1 aromatic heterocycles. The zero-order valence-corrected chi connectivity index (χ0v) is 9.11. The second kappa shape index (κ2) is 4.04. The number of aliphatic carboxylic acids is 1. The molecule has 1 unspecified atom stereocenters. The third kappa shape index (κ3) is 2.06. The maximum Gasteiger partial charge on any atom is 0.326 e. The maximum absolute atomic E-state index is 13.1. The lowest BCUT2D eigenvalue weighted by molar-refractivity contribution is -0.141. The van der Waals surface area contributed by atoms with Crippen LogP contribution in [0.3, 0.4) is 0 Å². The first-order chi connectivity index (χ1) is 7.99. The van der Waals surface area contributed by atoms with Gasteiger partial charge in [-0.1, -0.05) is 6.92 Å². The number of aromatic amines is 1. The first-order valence-corrected chi connectivity index (χ1v) is 5.10. The first-order valence-electron chi connectivity index (χ1n) is 5.10. The summed E-state index contributed by atoms with van der Waals surface area (Å²) in [5.41, 5.74) is 0.441. The molecule has 5 nitrogen and oxygen atoms in total. The lowest BCUT2D eigenvalue weighted by Gasteiger charge is -2.07. The zero-order chi connectivity index (χ0) is 12.6. The summed E-state index contributed by atoms with van der Waals surface area (Å²) in [5, 5.41) is 8.80. The van der Waals surface area contributed by atoms with Gasteiger partial charge in [-0.15, -0.1) is 0 Å². The van der Waals surface area contributed by atoms with Gasteiger partial charge in [0.1, 0.15) is 5.82 Å².